The van der Waals surface area contributed by atoms with Crippen molar-refractivity contribution >= 4 is 21.9 Å². The van der Waals surface area contributed by atoms with Crippen LogP contribution >= 0.6 is 0 Å². The lowest BCUT2D eigenvalue weighted by Crippen LogP contribution is -2.16. The van der Waals surface area contributed by atoms with Crippen LogP contribution in [0.4, 0.5) is 0 Å². The average Bonchev–Trinajstić information content (AvgIpc) is 3.61. The Balaban J connectivity index is 1.22. The summed E-state index contributed by atoms with van der Waals surface area (Å²) < 4.78 is 6.60. The first-order valence-electron chi connectivity index (χ1n) is 15.6. The molecule has 9 rings (SSSR count). The maximum Gasteiger partial charge on any atom is 0.167 e. The average molecular weight is 592 g/mol. The Morgan fingerprint density at radius 1 is 0.457 bits per heavy atom. The highest BCUT2D eigenvalue weighted by molar-refractivity contribution is 6.10. The fourth-order valence-corrected chi connectivity index (χ4v) is 7.16. The van der Waals surface area contributed by atoms with Crippen LogP contribution in [0.3, 0.4) is 0 Å². The van der Waals surface area contributed by atoms with Gasteiger partial charge in [0.1, 0.15) is 11.2 Å². The smallest absolute Gasteiger partial charge is 0.167 e. The highest BCUT2D eigenvalue weighted by Crippen LogP contribution is 2.52. The zero-order valence-corrected chi connectivity index (χ0v) is 25.5. The van der Waals surface area contributed by atoms with E-state index in [1.165, 1.54) is 33.4 Å². The molecule has 2 aromatic heterocycles. The van der Waals surface area contributed by atoms with E-state index >= 15 is 0 Å². The van der Waals surface area contributed by atoms with E-state index in [0.29, 0.717) is 17.5 Å². The lowest BCUT2D eigenvalue weighted by molar-refractivity contribution is 0.662. The molecule has 218 valence electrons. The maximum absolute atomic E-state index is 6.60. The first kappa shape index (κ1) is 26.5. The number of nitrogens with zero attached hydrogens (tertiary/aromatic N) is 3. The lowest BCUT2D eigenvalue weighted by atomic mass is 9.79. The van der Waals surface area contributed by atoms with E-state index in [0.717, 1.165) is 38.6 Å². The normalized spacial score (nSPS) is 13.2. The molecule has 0 unspecified atom stereocenters. The Morgan fingerprint density at radius 2 is 1.04 bits per heavy atom. The van der Waals surface area contributed by atoms with Gasteiger partial charge in [0.25, 0.3) is 0 Å². The van der Waals surface area contributed by atoms with Gasteiger partial charge in [-0.2, -0.15) is 0 Å². The predicted molar refractivity (Wildman–Crippen MR) is 186 cm³/mol. The standard InChI is InChI=1S/C42H29N3O/c1-42(2)35-22-10-9-17-30(35)31-19-11-18-29(37(31)42)28-23-24-36-34(25-28)32-20-12-21-33(38(32)46-36)41-44-39(26-13-5-3-6-14-26)43-40(45-41)27-15-7-4-8-16-27/h3-25H,1-2H3. The number of rotatable bonds is 4. The third-order valence-electron chi connectivity index (χ3n) is 9.33. The molecule has 1 aliphatic rings. The molecule has 4 nitrogen and oxygen atoms in total. The van der Waals surface area contributed by atoms with E-state index < -0.39 is 0 Å². The molecule has 1 aliphatic carbocycles. The summed E-state index contributed by atoms with van der Waals surface area (Å²) in [6, 6.07) is 48.4. The topological polar surface area (TPSA) is 51.8 Å². The van der Waals surface area contributed by atoms with Crippen molar-refractivity contribution in [3.8, 4) is 56.4 Å². The van der Waals surface area contributed by atoms with E-state index in [2.05, 4.69) is 86.6 Å². The van der Waals surface area contributed by atoms with Gasteiger partial charge in [0.15, 0.2) is 17.5 Å². The Kier molecular flexibility index (Phi) is 5.81. The monoisotopic (exact) mass is 591 g/mol. The van der Waals surface area contributed by atoms with Crippen molar-refractivity contribution in [1.82, 2.24) is 15.0 Å². The van der Waals surface area contributed by atoms with Crippen LogP contribution in [0.15, 0.2) is 144 Å². The van der Waals surface area contributed by atoms with Gasteiger partial charge in [-0.25, -0.2) is 15.0 Å². The maximum atomic E-state index is 6.60. The number of furan rings is 1. The third-order valence-corrected chi connectivity index (χ3v) is 9.33. The van der Waals surface area contributed by atoms with Crippen LogP contribution < -0.4 is 0 Å². The van der Waals surface area contributed by atoms with Crippen LogP contribution in [-0.4, -0.2) is 15.0 Å². The van der Waals surface area contributed by atoms with Crippen molar-refractivity contribution in [1.29, 1.82) is 0 Å². The van der Waals surface area contributed by atoms with Gasteiger partial charge in [-0.05, 0) is 51.6 Å². The number of benzene rings is 6. The van der Waals surface area contributed by atoms with Crippen LogP contribution in [0.1, 0.15) is 25.0 Å². The molecule has 2 heterocycles. The van der Waals surface area contributed by atoms with Gasteiger partial charge in [-0.15, -0.1) is 0 Å². The Hall–Kier alpha value is -5.87. The summed E-state index contributed by atoms with van der Waals surface area (Å²) >= 11 is 0. The second kappa shape index (κ2) is 10.1. The molecule has 0 saturated heterocycles. The quantitative estimate of drug-likeness (QED) is 0.204. The molecule has 46 heavy (non-hydrogen) atoms. The van der Waals surface area contributed by atoms with E-state index in [1.807, 2.05) is 66.7 Å². The van der Waals surface area contributed by atoms with Gasteiger partial charge in [0.05, 0.1) is 5.56 Å². The van der Waals surface area contributed by atoms with Gasteiger partial charge < -0.3 is 4.42 Å². The summed E-state index contributed by atoms with van der Waals surface area (Å²) in [5.74, 6) is 1.83. The van der Waals surface area contributed by atoms with Crippen molar-refractivity contribution in [3.05, 3.63) is 151 Å². The summed E-state index contributed by atoms with van der Waals surface area (Å²) in [6.45, 7) is 4.67. The second-order valence-electron chi connectivity index (χ2n) is 12.4. The summed E-state index contributed by atoms with van der Waals surface area (Å²) in [5.41, 5.74) is 12.0. The van der Waals surface area contributed by atoms with Crippen molar-refractivity contribution in [2.24, 2.45) is 0 Å². The van der Waals surface area contributed by atoms with Crippen LogP contribution in [0.2, 0.25) is 0 Å². The summed E-state index contributed by atoms with van der Waals surface area (Å²) in [6.07, 6.45) is 0. The van der Waals surface area contributed by atoms with Gasteiger partial charge in [-0.1, -0.05) is 135 Å². The summed E-state index contributed by atoms with van der Waals surface area (Å²) in [5, 5.41) is 2.10. The second-order valence-corrected chi connectivity index (χ2v) is 12.4. The lowest BCUT2D eigenvalue weighted by Gasteiger charge is -2.24. The molecule has 0 spiro atoms. The molecule has 0 fully saturated rings. The SMILES string of the molecule is CC1(C)c2ccccc2-c2cccc(-c3ccc4oc5c(-c6nc(-c7ccccc7)nc(-c7ccccc7)n6)cccc5c4c3)c21. The molecule has 0 saturated carbocycles. The minimum atomic E-state index is -0.102. The number of hydrogen-bond acceptors (Lipinski definition) is 4. The van der Waals surface area contributed by atoms with E-state index in [9.17, 15) is 0 Å². The first-order valence-corrected chi connectivity index (χ1v) is 15.6. The summed E-state index contributed by atoms with van der Waals surface area (Å²) in [4.78, 5) is 14.8. The Morgan fingerprint density at radius 3 is 1.78 bits per heavy atom. The highest BCUT2D eigenvalue weighted by atomic mass is 16.3. The first-order chi connectivity index (χ1) is 22.6. The van der Waals surface area contributed by atoms with E-state index in [1.54, 1.807) is 0 Å². The minimum Gasteiger partial charge on any atom is -0.455 e. The highest BCUT2D eigenvalue weighted by Gasteiger charge is 2.37. The van der Waals surface area contributed by atoms with E-state index in [-0.39, 0.29) is 5.41 Å². The van der Waals surface area contributed by atoms with Crippen molar-refractivity contribution in [2.75, 3.05) is 0 Å². The van der Waals surface area contributed by atoms with Gasteiger partial charge in [0.2, 0.25) is 0 Å². The minimum absolute atomic E-state index is 0.102. The molecule has 0 atom stereocenters. The van der Waals surface area contributed by atoms with Crippen molar-refractivity contribution in [3.63, 3.8) is 0 Å². The molecule has 6 aromatic carbocycles. The molecule has 4 heteroatoms. The van der Waals surface area contributed by atoms with Crippen molar-refractivity contribution < 1.29 is 4.42 Å². The fraction of sp³-hybridized carbons (Fsp3) is 0.0714. The van der Waals surface area contributed by atoms with Crippen LogP contribution in [-0.2, 0) is 5.41 Å². The zero-order valence-electron chi connectivity index (χ0n) is 25.5. The molecule has 0 amide bonds. The Bertz CT molecular complexity index is 2380. The molecule has 0 radical (unpaired) electrons. The molecular formula is C42H29N3O. The van der Waals surface area contributed by atoms with Crippen LogP contribution in [0.25, 0.3) is 78.4 Å². The molecule has 8 aromatic rings. The molecular weight excluding hydrogens is 562 g/mol. The summed E-state index contributed by atoms with van der Waals surface area (Å²) in [7, 11) is 0. The molecule has 0 N–H and O–H groups in total. The predicted octanol–water partition coefficient (Wildman–Crippen LogP) is 10.7. The Labute approximate surface area is 267 Å². The van der Waals surface area contributed by atoms with Gasteiger partial charge in [-0.3, -0.25) is 0 Å². The number of para-hydroxylation sites is 1. The number of fused-ring (bicyclic) bond motifs is 6. The number of hydrogen-bond donors (Lipinski definition) is 0. The van der Waals surface area contributed by atoms with Crippen LogP contribution in [0, 0.1) is 0 Å². The van der Waals surface area contributed by atoms with Crippen LogP contribution in [0.5, 0.6) is 0 Å². The van der Waals surface area contributed by atoms with Gasteiger partial charge in [0, 0.05) is 27.3 Å². The van der Waals surface area contributed by atoms with E-state index in [4.69, 9.17) is 19.4 Å². The fourth-order valence-electron chi connectivity index (χ4n) is 7.16. The zero-order chi connectivity index (χ0) is 30.8. The molecule has 0 bridgehead atoms. The molecule has 0 aliphatic heterocycles. The van der Waals surface area contributed by atoms with Gasteiger partial charge >= 0.3 is 0 Å². The third kappa shape index (κ3) is 4.04. The number of aromatic nitrogens is 3. The largest absolute Gasteiger partial charge is 0.455 e. The van der Waals surface area contributed by atoms with Crippen molar-refractivity contribution in [2.45, 2.75) is 19.3 Å².